The number of ether oxygens (including phenoxy) is 1. The Morgan fingerprint density at radius 1 is 1.47 bits per heavy atom. The number of aromatic nitrogens is 1. The molecule has 1 saturated heterocycles. The van der Waals surface area contributed by atoms with E-state index < -0.39 is 0 Å². The van der Waals surface area contributed by atoms with Crippen molar-refractivity contribution < 1.29 is 4.74 Å². The van der Waals surface area contributed by atoms with E-state index in [0.29, 0.717) is 12.1 Å². The first-order valence-electron chi connectivity index (χ1n) is 6.05. The van der Waals surface area contributed by atoms with Crippen molar-refractivity contribution in [1.29, 1.82) is 0 Å². The zero-order valence-electron chi connectivity index (χ0n) is 9.60. The van der Waals surface area contributed by atoms with Crippen molar-refractivity contribution in [3.63, 3.8) is 0 Å². The Bertz CT molecular complexity index is 426. The number of hydrogen-bond donors (Lipinski definition) is 1. The van der Waals surface area contributed by atoms with Crippen LogP contribution in [0.1, 0.15) is 19.3 Å². The number of pyridine rings is 1. The fourth-order valence-electron chi connectivity index (χ4n) is 2.88. The van der Waals surface area contributed by atoms with Crippen LogP contribution < -0.4 is 10.6 Å². The molecule has 17 heavy (non-hydrogen) atoms. The Morgan fingerprint density at radius 2 is 2.35 bits per heavy atom. The van der Waals surface area contributed by atoms with E-state index in [0.717, 1.165) is 35.6 Å². The summed E-state index contributed by atoms with van der Waals surface area (Å²) in [7, 11) is 0. The highest BCUT2D eigenvalue weighted by molar-refractivity contribution is 9.10. The van der Waals surface area contributed by atoms with Gasteiger partial charge in [0.25, 0.3) is 0 Å². The summed E-state index contributed by atoms with van der Waals surface area (Å²) in [6.45, 7) is 1.67. The lowest BCUT2D eigenvalue weighted by Gasteiger charge is -2.38. The van der Waals surface area contributed by atoms with Crippen molar-refractivity contribution in [3.8, 4) is 0 Å². The number of halogens is 1. The molecule has 0 radical (unpaired) electrons. The summed E-state index contributed by atoms with van der Waals surface area (Å²) < 4.78 is 6.72. The first-order chi connectivity index (χ1) is 8.25. The average Bonchev–Trinajstić information content (AvgIpc) is 2.77. The quantitative estimate of drug-likeness (QED) is 0.863. The Hall–Kier alpha value is -0.810. The normalized spacial score (nSPS) is 28.2. The second kappa shape index (κ2) is 4.46. The molecule has 2 unspecified atom stereocenters. The fraction of sp³-hybridized carbons (Fsp3) is 0.583. The predicted octanol–water partition coefficient (Wildman–Crippen LogP) is 2.18. The molecule has 0 spiro atoms. The maximum absolute atomic E-state index is 6.06. The van der Waals surface area contributed by atoms with Gasteiger partial charge in [-0.1, -0.05) is 0 Å². The molecule has 1 aliphatic carbocycles. The van der Waals surface area contributed by atoms with Crippen LogP contribution in [0.5, 0.6) is 0 Å². The number of anilines is 2. The van der Waals surface area contributed by atoms with Crippen molar-refractivity contribution in [1.82, 2.24) is 4.98 Å². The van der Waals surface area contributed by atoms with Crippen LogP contribution in [0.15, 0.2) is 16.7 Å². The lowest BCUT2D eigenvalue weighted by Crippen LogP contribution is -2.49. The Labute approximate surface area is 109 Å². The lowest BCUT2D eigenvalue weighted by molar-refractivity contribution is 0.0254. The smallest absolute Gasteiger partial charge is 0.152 e. The van der Waals surface area contributed by atoms with Crippen LogP contribution in [0, 0.1) is 0 Å². The first kappa shape index (κ1) is 11.3. The predicted molar refractivity (Wildman–Crippen MR) is 71.1 cm³/mol. The number of hydrogen-bond acceptors (Lipinski definition) is 4. The number of fused-ring (bicyclic) bond motifs is 1. The van der Waals surface area contributed by atoms with E-state index in [9.17, 15) is 0 Å². The highest BCUT2D eigenvalue weighted by Crippen LogP contribution is 2.34. The molecule has 1 aliphatic heterocycles. The standard InChI is InChI=1S/C12H16BrN3O/c13-8-6-9(14)12(15-7-8)16-4-5-17-11-3-1-2-10(11)16/h6-7,10-11H,1-5,14H2. The molecule has 5 heteroatoms. The molecule has 2 atom stereocenters. The minimum absolute atomic E-state index is 0.369. The SMILES string of the molecule is Nc1cc(Br)cnc1N1CCOC2CCCC21. The minimum atomic E-state index is 0.369. The largest absolute Gasteiger partial charge is 0.396 e. The zero-order valence-corrected chi connectivity index (χ0v) is 11.2. The van der Waals surface area contributed by atoms with Gasteiger partial charge in [-0.25, -0.2) is 4.98 Å². The molecule has 2 fully saturated rings. The molecular formula is C12H16BrN3O. The van der Waals surface area contributed by atoms with Gasteiger partial charge in [0.05, 0.1) is 24.4 Å². The topological polar surface area (TPSA) is 51.4 Å². The molecule has 2 N–H and O–H groups in total. The molecule has 0 bridgehead atoms. The number of rotatable bonds is 1. The summed E-state index contributed by atoms with van der Waals surface area (Å²) in [5, 5.41) is 0. The van der Waals surface area contributed by atoms with Gasteiger partial charge in [-0.05, 0) is 41.3 Å². The second-order valence-corrected chi connectivity index (χ2v) is 5.58. The molecule has 1 saturated carbocycles. The van der Waals surface area contributed by atoms with Gasteiger partial charge in [0, 0.05) is 17.2 Å². The van der Waals surface area contributed by atoms with Crippen LogP contribution in [-0.4, -0.2) is 30.3 Å². The summed E-state index contributed by atoms with van der Waals surface area (Å²) in [6.07, 6.45) is 5.76. The third-order valence-corrected chi connectivity index (χ3v) is 4.05. The number of nitrogens with two attached hydrogens (primary N) is 1. The van der Waals surface area contributed by atoms with Gasteiger partial charge in [0.1, 0.15) is 0 Å². The van der Waals surface area contributed by atoms with E-state index in [2.05, 4.69) is 25.8 Å². The highest BCUT2D eigenvalue weighted by Gasteiger charge is 2.37. The summed E-state index contributed by atoms with van der Waals surface area (Å²) in [4.78, 5) is 6.78. The van der Waals surface area contributed by atoms with E-state index in [4.69, 9.17) is 10.5 Å². The molecule has 0 aromatic carbocycles. The molecule has 2 aliphatic rings. The van der Waals surface area contributed by atoms with Crippen molar-refractivity contribution in [2.75, 3.05) is 23.8 Å². The molecule has 0 amide bonds. The highest BCUT2D eigenvalue weighted by atomic mass is 79.9. The van der Waals surface area contributed by atoms with Gasteiger partial charge in [0.15, 0.2) is 5.82 Å². The monoisotopic (exact) mass is 297 g/mol. The lowest BCUT2D eigenvalue weighted by atomic mass is 10.1. The van der Waals surface area contributed by atoms with Crippen molar-refractivity contribution >= 4 is 27.4 Å². The number of nitrogens with zero attached hydrogens (tertiary/aromatic N) is 2. The van der Waals surface area contributed by atoms with Gasteiger partial charge >= 0.3 is 0 Å². The maximum atomic E-state index is 6.06. The van der Waals surface area contributed by atoms with Gasteiger partial charge in [-0.3, -0.25) is 0 Å². The van der Waals surface area contributed by atoms with E-state index in [1.807, 2.05) is 12.3 Å². The van der Waals surface area contributed by atoms with Gasteiger partial charge in [-0.15, -0.1) is 0 Å². The van der Waals surface area contributed by atoms with Crippen LogP contribution in [0.25, 0.3) is 0 Å². The molecule has 3 rings (SSSR count). The van der Waals surface area contributed by atoms with Crippen LogP contribution in [0.2, 0.25) is 0 Å². The molecule has 1 aromatic rings. The zero-order chi connectivity index (χ0) is 11.8. The van der Waals surface area contributed by atoms with Crippen LogP contribution in [-0.2, 0) is 4.74 Å². The van der Waals surface area contributed by atoms with Crippen LogP contribution >= 0.6 is 15.9 Å². The Kier molecular flexibility index (Phi) is 2.96. The minimum Gasteiger partial charge on any atom is -0.396 e. The Balaban J connectivity index is 1.91. The first-order valence-corrected chi connectivity index (χ1v) is 6.84. The summed E-state index contributed by atoms with van der Waals surface area (Å²) in [5.41, 5.74) is 6.80. The van der Waals surface area contributed by atoms with E-state index in [-0.39, 0.29) is 0 Å². The number of morpholine rings is 1. The molecule has 2 heterocycles. The average molecular weight is 298 g/mol. The maximum Gasteiger partial charge on any atom is 0.152 e. The summed E-state index contributed by atoms with van der Waals surface area (Å²) in [5.74, 6) is 0.911. The van der Waals surface area contributed by atoms with Crippen LogP contribution in [0.4, 0.5) is 11.5 Å². The van der Waals surface area contributed by atoms with Crippen molar-refractivity contribution in [3.05, 3.63) is 16.7 Å². The third kappa shape index (κ3) is 2.02. The second-order valence-electron chi connectivity index (χ2n) is 4.67. The summed E-state index contributed by atoms with van der Waals surface area (Å²) in [6, 6.07) is 2.38. The Morgan fingerprint density at radius 3 is 3.18 bits per heavy atom. The van der Waals surface area contributed by atoms with Gasteiger partial charge in [0.2, 0.25) is 0 Å². The van der Waals surface area contributed by atoms with E-state index in [1.165, 1.54) is 12.8 Å². The molecule has 92 valence electrons. The van der Waals surface area contributed by atoms with Crippen molar-refractivity contribution in [2.24, 2.45) is 0 Å². The van der Waals surface area contributed by atoms with Gasteiger partial charge < -0.3 is 15.4 Å². The summed E-state index contributed by atoms with van der Waals surface area (Å²) >= 11 is 3.39. The molecule has 1 aromatic heterocycles. The van der Waals surface area contributed by atoms with E-state index >= 15 is 0 Å². The van der Waals surface area contributed by atoms with Crippen molar-refractivity contribution in [2.45, 2.75) is 31.4 Å². The number of nitrogen functional groups attached to an aromatic ring is 1. The van der Waals surface area contributed by atoms with Gasteiger partial charge in [-0.2, -0.15) is 0 Å². The third-order valence-electron chi connectivity index (χ3n) is 3.62. The van der Waals surface area contributed by atoms with E-state index in [1.54, 1.807) is 0 Å². The molecule has 4 nitrogen and oxygen atoms in total. The van der Waals surface area contributed by atoms with Crippen LogP contribution in [0.3, 0.4) is 0 Å². The fourth-order valence-corrected chi connectivity index (χ4v) is 3.23. The molecular weight excluding hydrogens is 282 g/mol.